The van der Waals surface area contributed by atoms with Crippen molar-refractivity contribution in [1.29, 1.82) is 0 Å². The van der Waals surface area contributed by atoms with E-state index in [1.54, 1.807) is 12.4 Å². The average Bonchev–Trinajstić information content (AvgIpc) is 2.60. The molecule has 0 radical (unpaired) electrons. The lowest BCUT2D eigenvalue weighted by Crippen LogP contribution is -2.20. The van der Waals surface area contributed by atoms with Gasteiger partial charge in [0.1, 0.15) is 0 Å². The first-order valence-electron chi connectivity index (χ1n) is 7.79. The summed E-state index contributed by atoms with van der Waals surface area (Å²) in [6.45, 7) is 6.05. The van der Waals surface area contributed by atoms with Gasteiger partial charge in [0.05, 0.1) is 12.2 Å². The Labute approximate surface area is 131 Å². The van der Waals surface area contributed by atoms with Gasteiger partial charge in [-0.2, -0.15) is 0 Å². The number of hydrogen-bond donors (Lipinski definition) is 2. The van der Waals surface area contributed by atoms with E-state index in [1.165, 1.54) is 6.07 Å². The molecule has 2 unspecified atom stereocenters. The SMILES string of the molecule is CC.CCC1OC(c2ccncc2)Cc2c1ccc(O)c2O. The van der Waals surface area contributed by atoms with Crippen LogP contribution in [-0.2, 0) is 11.2 Å². The van der Waals surface area contributed by atoms with Crippen molar-refractivity contribution in [3.63, 3.8) is 0 Å². The highest BCUT2D eigenvalue weighted by Gasteiger charge is 2.30. The van der Waals surface area contributed by atoms with Gasteiger partial charge in [0, 0.05) is 24.4 Å². The minimum atomic E-state index is -0.122. The summed E-state index contributed by atoms with van der Waals surface area (Å²) >= 11 is 0. The van der Waals surface area contributed by atoms with E-state index < -0.39 is 0 Å². The topological polar surface area (TPSA) is 62.6 Å². The second kappa shape index (κ2) is 7.27. The van der Waals surface area contributed by atoms with E-state index in [0.717, 1.165) is 23.1 Å². The van der Waals surface area contributed by atoms with Crippen LogP contribution in [0, 0.1) is 0 Å². The van der Waals surface area contributed by atoms with Gasteiger partial charge in [0.2, 0.25) is 0 Å². The van der Waals surface area contributed by atoms with Crippen LogP contribution in [0.2, 0.25) is 0 Å². The lowest BCUT2D eigenvalue weighted by molar-refractivity contribution is -0.0299. The molecule has 2 aromatic rings. The third kappa shape index (κ3) is 3.07. The zero-order chi connectivity index (χ0) is 16.1. The summed E-state index contributed by atoms with van der Waals surface area (Å²) < 4.78 is 6.12. The van der Waals surface area contributed by atoms with E-state index in [4.69, 9.17) is 4.74 Å². The molecule has 1 aliphatic heterocycles. The van der Waals surface area contributed by atoms with Gasteiger partial charge in [-0.3, -0.25) is 4.98 Å². The largest absolute Gasteiger partial charge is 0.504 e. The van der Waals surface area contributed by atoms with Crippen LogP contribution in [0.3, 0.4) is 0 Å². The fourth-order valence-corrected chi connectivity index (χ4v) is 2.75. The minimum absolute atomic E-state index is 0.0247. The van der Waals surface area contributed by atoms with Gasteiger partial charge in [-0.1, -0.05) is 26.8 Å². The molecule has 2 N–H and O–H groups in total. The molecule has 4 heteroatoms. The Bertz CT molecular complexity index is 613. The molecule has 1 aromatic carbocycles. The van der Waals surface area contributed by atoms with Gasteiger partial charge in [-0.15, -0.1) is 0 Å². The van der Waals surface area contributed by atoms with Crippen LogP contribution in [0.4, 0.5) is 0 Å². The molecule has 0 amide bonds. The van der Waals surface area contributed by atoms with Crippen LogP contribution < -0.4 is 0 Å². The molecule has 22 heavy (non-hydrogen) atoms. The molecule has 118 valence electrons. The van der Waals surface area contributed by atoms with E-state index in [-0.39, 0.29) is 23.7 Å². The van der Waals surface area contributed by atoms with Crippen LogP contribution in [0.5, 0.6) is 11.5 Å². The van der Waals surface area contributed by atoms with Gasteiger partial charge >= 0.3 is 0 Å². The first-order valence-corrected chi connectivity index (χ1v) is 7.79. The monoisotopic (exact) mass is 301 g/mol. The molecule has 3 rings (SSSR count). The van der Waals surface area contributed by atoms with Crippen molar-refractivity contribution < 1.29 is 14.9 Å². The molecule has 0 saturated heterocycles. The van der Waals surface area contributed by atoms with Crippen molar-refractivity contribution in [1.82, 2.24) is 4.98 Å². The van der Waals surface area contributed by atoms with Crippen molar-refractivity contribution in [2.24, 2.45) is 0 Å². The molecule has 1 aliphatic rings. The molecule has 2 heterocycles. The summed E-state index contributed by atoms with van der Waals surface area (Å²) in [6.07, 6.45) is 4.65. The molecule has 0 aliphatic carbocycles. The number of hydrogen-bond acceptors (Lipinski definition) is 4. The van der Waals surface area contributed by atoms with Crippen molar-refractivity contribution in [2.45, 2.75) is 45.8 Å². The number of pyridine rings is 1. The maximum atomic E-state index is 10.1. The number of fused-ring (bicyclic) bond motifs is 1. The molecule has 0 fully saturated rings. The van der Waals surface area contributed by atoms with Gasteiger partial charge in [-0.25, -0.2) is 0 Å². The maximum absolute atomic E-state index is 10.1. The molecule has 1 aromatic heterocycles. The highest BCUT2D eigenvalue weighted by atomic mass is 16.5. The highest BCUT2D eigenvalue weighted by Crippen LogP contribution is 2.44. The third-order valence-corrected chi connectivity index (χ3v) is 3.81. The Morgan fingerprint density at radius 3 is 2.45 bits per heavy atom. The van der Waals surface area contributed by atoms with E-state index in [2.05, 4.69) is 4.98 Å². The normalized spacial score (nSPS) is 19.8. The lowest BCUT2D eigenvalue weighted by Gasteiger charge is -2.32. The second-order valence-corrected chi connectivity index (χ2v) is 5.01. The van der Waals surface area contributed by atoms with Gasteiger partial charge < -0.3 is 14.9 Å². The fraction of sp³-hybridized carbons (Fsp3) is 0.389. The molecule has 0 saturated carbocycles. The predicted octanol–water partition coefficient (Wildman–Crippen LogP) is 4.28. The van der Waals surface area contributed by atoms with E-state index in [9.17, 15) is 10.2 Å². The van der Waals surface area contributed by atoms with E-state index >= 15 is 0 Å². The van der Waals surface area contributed by atoms with Crippen molar-refractivity contribution in [3.05, 3.63) is 53.3 Å². The first-order chi connectivity index (χ1) is 10.7. The summed E-state index contributed by atoms with van der Waals surface area (Å²) in [5.41, 5.74) is 2.78. The number of rotatable bonds is 2. The Balaban J connectivity index is 0.000000847. The number of aromatic nitrogens is 1. The van der Waals surface area contributed by atoms with Crippen LogP contribution in [0.15, 0.2) is 36.7 Å². The van der Waals surface area contributed by atoms with Gasteiger partial charge in [0.15, 0.2) is 11.5 Å². The van der Waals surface area contributed by atoms with Crippen molar-refractivity contribution >= 4 is 0 Å². The zero-order valence-electron chi connectivity index (χ0n) is 13.3. The predicted molar refractivity (Wildman–Crippen MR) is 85.9 cm³/mol. The number of benzene rings is 1. The van der Waals surface area contributed by atoms with Crippen LogP contribution in [-0.4, -0.2) is 15.2 Å². The van der Waals surface area contributed by atoms with Gasteiger partial charge in [0.25, 0.3) is 0 Å². The van der Waals surface area contributed by atoms with Crippen molar-refractivity contribution in [3.8, 4) is 11.5 Å². The Morgan fingerprint density at radius 1 is 1.14 bits per heavy atom. The molecule has 4 nitrogen and oxygen atoms in total. The minimum Gasteiger partial charge on any atom is -0.504 e. The molecular formula is C18H23NO3. The highest BCUT2D eigenvalue weighted by molar-refractivity contribution is 5.51. The molecule has 0 bridgehead atoms. The summed E-state index contributed by atoms with van der Waals surface area (Å²) in [6, 6.07) is 7.19. The maximum Gasteiger partial charge on any atom is 0.161 e. The van der Waals surface area contributed by atoms with Crippen LogP contribution in [0.25, 0.3) is 0 Å². The quantitative estimate of drug-likeness (QED) is 0.812. The van der Waals surface area contributed by atoms with E-state index in [1.807, 2.05) is 39.0 Å². The molecule has 2 atom stereocenters. The first kappa shape index (κ1) is 16.3. The molecular weight excluding hydrogens is 278 g/mol. The second-order valence-electron chi connectivity index (χ2n) is 5.01. The van der Waals surface area contributed by atoms with Crippen molar-refractivity contribution in [2.75, 3.05) is 0 Å². The number of phenolic OH excluding ortho intramolecular Hbond substituents is 2. The summed E-state index contributed by atoms with van der Waals surface area (Å²) in [5, 5.41) is 19.8. The van der Waals surface area contributed by atoms with Crippen LogP contribution >= 0.6 is 0 Å². The summed E-state index contributed by atoms with van der Waals surface area (Å²) in [7, 11) is 0. The summed E-state index contributed by atoms with van der Waals surface area (Å²) in [5.74, 6) is -0.0997. The smallest absolute Gasteiger partial charge is 0.161 e. The zero-order valence-corrected chi connectivity index (χ0v) is 13.3. The van der Waals surface area contributed by atoms with Gasteiger partial charge in [-0.05, 0) is 35.7 Å². The summed E-state index contributed by atoms with van der Waals surface area (Å²) in [4.78, 5) is 4.01. The lowest BCUT2D eigenvalue weighted by atomic mass is 9.89. The number of phenols is 2. The Morgan fingerprint density at radius 2 is 1.82 bits per heavy atom. The van der Waals surface area contributed by atoms with E-state index in [0.29, 0.717) is 6.42 Å². The third-order valence-electron chi connectivity index (χ3n) is 3.81. The van der Waals surface area contributed by atoms with Crippen LogP contribution in [0.1, 0.15) is 56.1 Å². The Hall–Kier alpha value is -2.07. The standard InChI is InChI=1S/C16H17NO3.C2H6/c1-2-14-11-3-4-13(18)16(19)12(11)9-15(20-14)10-5-7-17-8-6-10;1-2/h3-8,14-15,18-19H,2,9H2,1H3;1-2H3. The number of ether oxygens (including phenoxy) is 1. The fourth-order valence-electron chi connectivity index (χ4n) is 2.75. The average molecular weight is 301 g/mol. The number of nitrogens with zero attached hydrogens (tertiary/aromatic N) is 1. The number of aromatic hydroxyl groups is 2. The Kier molecular flexibility index (Phi) is 5.39. The molecule has 0 spiro atoms.